The summed E-state index contributed by atoms with van der Waals surface area (Å²) in [6.07, 6.45) is 0. The summed E-state index contributed by atoms with van der Waals surface area (Å²) in [6.45, 7) is 0. The zero-order chi connectivity index (χ0) is 16.0. The third kappa shape index (κ3) is 1.96. The molecule has 0 aliphatic rings. The molecule has 22 heavy (non-hydrogen) atoms. The highest BCUT2D eigenvalue weighted by atomic mass is 32.1. The largest absolute Gasteiger partial charge is 0.203 e. The van der Waals surface area contributed by atoms with E-state index in [0.29, 0.717) is 10.8 Å². The molecule has 0 unspecified atom stereocenters. The monoisotopic (exact) mass is 325 g/mol. The Hall–Kier alpha value is -2.46. The third-order valence-electron chi connectivity index (χ3n) is 3.21. The van der Waals surface area contributed by atoms with Crippen LogP contribution in [0.1, 0.15) is 5.56 Å². The summed E-state index contributed by atoms with van der Waals surface area (Å²) >= 11 is 1.29. The molecular formula is C15H4F5NS. The second-order valence-corrected chi connectivity index (χ2v) is 5.20. The zero-order valence-corrected chi connectivity index (χ0v) is 11.4. The fourth-order valence-corrected chi connectivity index (χ4v) is 2.93. The number of thiophene rings is 1. The molecule has 0 aliphatic carbocycles. The van der Waals surface area contributed by atoms with Crippen LogP contribution in [-0.4, -0.2) is 0 Å². The SMILES string of the molecule is N#Cc1cc2cscc2cc1-c1c(F)c(F)c(F)c(F)c1F. The van der Waals surface area contributed by atoms with Gasteiger partial charge in [-0.1, -0.05) is 0 Å². The Labute approximate surface area is 124 Å². The minimum atomic E-state index is -2.23. The summed E-state index contributed by atoms with van der Waals surface area (Å²) < 4.78 is 67.6. The van der Waals surface area contributed by atoms with Crippen molar-refractivity contribution in [2.45, 2.75) is 0 Å². The average Bonchev–Trinajstić information content (AvgIpc) is 2.97. The molecule has 0 spiro atoms. The minimum Gasteiger partial charge on any atom is -0.203 e. The predicted octanol–water partition coefficient (Wildman–Crippen LogP) is 5.14. The molecule has 110 valence electrons. The van der Waals surface area contributed by atoms with E-state index in [9.17, 15) is 22.0 Å². The molecule has 0 bridgehead atoms. The Morgan fingerprint density at radius 1 is 0.773 bits per heavy atom. The van der Waals surface area contributed by atoms with Gasteiger partial charge >= 0.3 is 0 Å². The molecular weight excluding hydrogens is 321 g/mol. The molecule has 0 saturated heterocycles. The summed E-state index contributed by atoms with van der Waals surface area (Å²) in [5.41, 5.74) is -1.60. The van der Waals surface area contributed by atoms with Gasteiger partial charge in [0.1, 0.15) is 0 Å². The molecule has 0 N–H and O–H groups in total. The third-order valence-corrected chi connectivity index (χ3v) is 3.99. The number of halogens is 5. The quantitative estimate of drug-likeness (QED) is 0.345. The Morgan fingerprint density at radius 3 is 1.82 bits per heavy atom. The van der Waals surface area contributed by atoms with Crippen LogP contribution in [0, 0.1) is 40.4 Å². The number of hydrogen-bond acceptors (Lipinski definition) is 2. The number of rotatable bonds is 1. The molecule has 3 rings (SSSR count). The van der Waals surface area contributed by atoms with Crippen molar-refractivity contribution in [1.29, 1.82) is 5.26 Å². The first-order valence-electron chi connectivity index (χ1n) is 5.87. The Morgan fingerprint density at radius 2 is 1.27 bits per heavy atom. The van der Waals surface area contributed by atoms with Crippen LogP contribution in [0.2, 0.25) is 0 Å². The van der Waals surface area contributed by atoms with Gasteiger partial charge < -0.3 is 0 Å². The van der Waals surface area contributed by atoms with E-state index in [1.165, 1.54) is 23.5 Å². The van der Waals surface area contributed by atoms with Gasteiger partial charge in [0, 0.05) is 5.56 Å². The van der Waals surface area contributed by atoms with Crippen LogP contribution >= 0.6 is 11.3 Å². The molecule has 1 aromatic heterocycles. The molecule has 1 nitrogen and oxygen atoms in total. The van der Waals surface area contributed by atoms with Gasteiger partial charge in [-0.05, 0) is 33.7 Å². The molecule has 1 heterocycles. The summed E-state index contributed by atoms with van der Waals surface area (Å²) in [7, 11) is 0. The first-order chi connectivity index (χ1) is 10.5. The lowest BCUT2D eigenvalue weighted by molar-refractivity contribution is 0.381. The van der Waals surface area contributed by atoms with Gasteiger partial charge in [0.05, 0.1) is 17.2 Å². The topological polar surface area (TPSA) is 23.8 Å². The normalized spacial score (nSPS) is 10.9. The molecule has 7 heteroatoms. The van der Waals surface area contributed by atoms with Crippen molar-refractivity contribution in [3.63, 3.8) is 0 Å². The van der Waals surface area contributed by atoms with Crippen molar-refractivity contribution in [2.24, 2.45) is 0 Å². The summed E-state index contributed by atoms with van der Waals surface area (Å²) in [5.74, 6) is -10.2. The van der Waals surface area contributed by atoms with Gasteiger partial charge in [-0.3, -0.25) is 0 Å². The number of fused-ring (bicyclic) bond motifs is 1. The van der Waals surface area contributed by atoms with E-state index in [2.05, 4.69) is 0 Å². The first-order valence-corrected chi connectivity index (χ1v) is 6.81. The van der Waals surface area contributed by atoms with E-state index >= 15 is 0 Å². The van der Waals surface area contributed by atoms with Gasteiger partial charge in [-0.2, -0.15) is 16.6 Å². The highest BCUT2D eigenvalue weighted by Crippen LogP contribution is 2.36. The van der Waals surface area contributed by atoms with E-state index in [1.807, 2.05) is 0 Å². The van der Waals surface area contributed by atoms with Crippen LogP contribution in [0.25, 0.3) is 21.9 Å². The second-order valence-electron chi connectivity index (χ2n) is 4.46. The van der Waals surface area contributed by atoms with Crippen LogP contribution in [0.4, 0.5) is 22.0 Å². The standard InChI is InChI=1S/C15H4F5NS/c16-11-10(12(17)14(19)15(20)13(11)18)9-2-8-5-22-4-7(8)1-6(9)3-21/h1-2,4-5H. The maximum Gasteiger partial charge on any atom is 0.200 e. The molecule has 0 radical (unpaired) electrons. The maximum atomic E-state index is 13.9. The van der Waals surface area contributed by atoms with Crippen molar-refractivity contribution in [3.8, 4) is 17.2 Å². The molecule has 0 atom stereocenters. The Bertz CT molecular complexity index is 926. The Kier molecular flexibility index (Phi) is 3.34. The van der Waals surface area contributed by atoms with Crippen molar-refractivity contribution >= 4 is 22.1 Å². The smallest absolute Gasteiger partial charge is 0.200 e. The molecule has 0 aliphatic heterocycles. The fourth-order valence-electron chi connectivity index (χ4n) is 2.16. The summed E-state index contributed by atoms with van der Waals surface area (Å²) in [4.78, 5) is 0. The number of benzene rings is 2. The van der Waals surface area contributed by atoms with Gasteiger partial charge in [0.15, 0.2) is 23.3 Å². The van der Waals surface area contributed by atoms with E-state index in [-0.39, 0.29) is 11.1 Å². The minimum absolute atomic E-state index is 0.172. The number of hydrogen-bond donors (Lipinski definition) is 0. The van der Waals surface area contributed by atoms with E-state index < -0.39 is 34.6 Å². The molecule has 0 fully saturated rings. The van der Waals surface area contributed by atoms with Crippen molar-refractivity contribution in [1.82, 2.24) is 0 Å². The first kappa shape index (κ1) is 14.5. The number of nitriles is 1. The summed E-state index contributed by atoms with van der Waals surface area (Å²) in [6, 6.07) is 4.30. The van der Waals surface area contributed by atoms with Crippen molar-refractivity contribution in [2.75, 3.05) is 0 Å². The van der Waals surface area contributed by atoms with Crippen molar-refractivity contribution in [3.05, 3.63) is 57.5 Å². The molecule has 3 aromatic rings. The lowest BCUT2D eigenvalue weighted by Crippen LogP contribution is -2.04. The lowest BCUT2D eigenvalue weighted by atomic mass is 9.96. The molecule has 2 aromatic carbocycles. The highest BCUT2D eigenvalue weighted by Gasteiger charge is 2.28. The predicted molar refractivity (Wildman–Crippen MR) is 71.8 cm³/mol. The molecule has 0 saturated carbocycles. The maximum absolute atomic E-state index is 13.9. The van der Waals surface area contributed by atoms with Crippen LogP contribution in [-0.2, 0) is 0 Å². The fraction of sp³-hybridized carbons (Fsp3) is 0. The Balaban J connectivity index is 2.44. The van der Waals surface area contributed by atoms with Crippen LogP contribution < -0.4 is 0 Å². The second kappa shape index (κ2) is 5.07. The molecule has 0 amide bonds. The lowest BCUT2D eigenvalue weighted by Gasteiger charge is -2.10. The average molecular weight is 325 g/mol. The van der Waals surface area contributed by atoms with Crippen molar-refractivity contribution < 1.29 is 22.0 Å². The zero-order valence-electron chi connectivity index (χ0n) is 10.6. The van der Waals surface area contributed by atoms with Gasteiger partial charge in [-0.15, -0.1) is 0 Å². The highest BCUT2D eigenvalue weighted by molar-refractivity contribution is 7.09. The van der Waals surface area contributed by atoms with E-state index in [4.69, 9.17) is 5.26 Å². The number of nitrogens with zero attached hydrogens (tertiary/aromatic N) is 1. The van der Waals surface area contributed by atoms with Crippen LogP contribution in [0.3, 0.4) is 0 Å². The van der Waals surface area contributed by atoms with Crippen LogP contribution in [0.15, 0.2) is 22.9 Å². The van der Waals surface area contributed by atoms with Gasteiger partial charge in [0.25, 0.3) is 0 Å². The van der Waals surface area contributed by atoms with E-state index in [0.717, 1.165) is 0 Å². The summed E-state index contributed by atoms with van der Waals surface area (Å²) in [5, 5.41) is 13.6. The van der Waals surface area contributed by atoms with Crippen LogP contribution in [0.5, 0.6) is 0 Å². The van der Waals surface area contributed by atoms with Gasteiger partial charge in [0.2, 0.25) is 5.82 Å². The van der Waals surface area contributed by atoms with E-state index in [1.54, 1.807) is 16.8 Å². The van der Waals surface area contributed by atoms with Gasteiger partial charge in [-0.25, -0.2) is 22.0 Å².